The van der Waals surface area contributed by atoms with E-state index in [9.17, 15) is 4.79 Å². The minimum absolute atomic E-state index is 0.0431. The van der Waals surface area contributed by atoms with E-state index in [0.29, 0.717) is 23.9 Å². The summed E-state index contributed by atoms with van der Waals surface area (Å²) in [6.07, 6.45) is 2.33. The van der Waals surface area contributed by atoms with Gasteiger partial charge in [-0.25, -0.2) is 0 Å². The Morgan fingerprint density at radius 3 is 2.57 bits per heavy atom. The van der Waals surface area contributed by atoms with Crippen LogP contribution < -0.4 is 11.1 Å². The molecule has 0 bridgehead atoms. The Labute approximate surface area is 146 Å². The first kappa shape index (κ1) is 18.7. The zero-order valence-corrected chi connectivity index (χ0v) is 15.8. The van der Waals surface area contributed by atoms with Gasteiger partial charge >= 0.3 is 0 Å². The molecule has 0 saturated heterocycles. The first-order valence-corrected chi connectivity index (χ1v) is 8.64. The molecule has 0 radical (unpaired) electrons. The summed E-state index contributed by atoms with van der Waals surface area (Å²) >= 11 is 8.08. The first-order valence-electron chi connectivity index (χ1n) is 7.19. The molecule has 0 heterocycles. The van der Waals surface area contributed by atoms with Gasteiger partial charge in [-0.3, -0.25) is 4.79 Å². The molecule has 0 fully saturated rings. The second kappa shape index (κ2) is 8.34. The summed E-state index contributed by atoms with van der Waals surface area (Å²) in [5.41, 5.74) is 6.67. The average molecular weight is 423 g/mol. The van der Waals surface area contributed by atoms with E-state index >= 15 is 0 Å². The smallest absolute Gasteiger partial charge is 0.224 e. The maximum absolute atomic E-state index is 12.1. The molecule has 1 aromatic rings. The number of amides is 1. The number of nitrogens with one attached hydrogen (secondary N) is 1. The molecule has 0 aliphatic carbocycles. The summed E-state index contributed by atoms with van der Waals surface area (Å²) in [6.45, 7) is 7.27. The topological polar surface area (TPSA) is 55.1 Å². The molecule has 3 nitrogen and oxygen atoms in total. The highest BCUT2D eigenvalue weighted by Gasteiger charge is 2.24. The highest BCUT2D eigenvalue weighted by molar-refractivity contribution is 14.1. The Hall–Kier alpha value is -0.330. The van der Waals surface area contributed by atoms with Gasteiger partial charge in [0.15, 0.2) is 0 Å². The zero-order valence-electron chi connectivity index (χ0n) is 12.9. The Morgan fingerprint density at radius 1 is 1.38 bits per heavy atom. The third-order valence-corrected chi connectivity index (χ3v) is 4.79. The van der Waals surface area contributed by atoms with Crippen LogP contribution in [0, 0.1) is 14.9 Å². The number of rotatable bonds is 6. The number of hydrogen-bond acceptors (Lipinski definition) is 2. The van der Waals surface area contributed by atoms with E-state index in [1.54, 1.807) is 6.07 Å². The lowest BCUT2D eigenvalue weighted by atomic mass is 9.76. The van der Waals surface area contributed by atoms with Crippen LogP contribution in [-0.4, -0.2) is 12.5 Å². The van der Waals surface area contributed by atoms with Gasteiger partial charge in [0.1, 0.15) is 0 Å². The lowest BCUT2D eigenvalue weighted by Gasteiger charge is -2.30. The van der Waals surface area contributed by atoms with Crippen molar-refractivity contribution in [2.24, 2.45) is 17.1 Å². The summed E-state index contributed by atoms with van der Waals surface area (Å²) in [4.78, 5) is 12.1. The van der Waals surface area contributed by atoms with Crippen LogP contribution in [0.5, 0.6) is 0 Å². The lowest BCUT2D eigenvalue weighted by Crippen LogP contribution is -2.25. The van der Waals surface area contributed by atoms with E-state index in [4.69, 9.17) is 17.3 Å². The minimum atomic E-state index is 0.0431. The summed E-state index contributed by atoms with van der Waals surface area (Å²) in [6, 6.07) is 5.46. The Balaban J connectivity index is 2.57. The summed E-state index contributed by atoms with van der Waals surface area (Å²) in [5, 5.41) is 3.62. The summed E-state index contributed by atoms with van der Waals surface area (Å²) in [5.74, 6) is 0.499. The molecule has 21 heavy (non-hydrogen) atoms. The van der Waals surface area contributed by atoms with E-state index in [1.165, 1.54) is 0 Å². The molecule has 1 rings (SSSR count). The quantitative estimate of drug-likeness (QED) is 0.654. The molecule has 1 atom stereocenters. The highest BCUT2D eigenvalue weighted by Crippen LogP contribution is 2.32. The lowest BCUT2D eigenvalue weighted by molar-refractivity contribution is -0.116. The third-order valence-electron chi connectivity index (χ3n) is 3.66. The second-order valence-corrected chi connectivity index (χ2v) is 7.95. The third kappa shape index (κ3) is 6.53. The monoisotopic (exact) mass is 422 g/mol. The van der Waals surface area contributed by atoms with Crippen LogP contribution in [0.25, 0.3) is 0 Å². The van der Waals surface area contributed by atoms with Crippen molar-refractivity contribution in [2.45, 2.75) is 40.0 Å². The van der Waals surface area contributed by atoms with Crippen molar-refractivity contribution in [2.75, 3.05) is 11.9 Å². The van der Waals surface area contributed by atoms with Crippen LogP contribution in [0.3, 0.4) is 0 Å². The molecule has 0 aromatic heterocycles. The van der Waals surface area contributed by atoms with Crippen LogP contribution in [0.2, 0.25) is 5.02 Å². The van der Waals surface area contributed by atoms with Crippen molar-refractivity contribution < 1.29 is 4.79 Å². The molecule has 0 spiro atoms. The molecular formula is C16H24ClIN2O. The van der Waals surface area contributed by atoms with Crippen molar-refractivity contribution in [1.29, 1.82) is 0 Å². The number of nitrogens with two attached hydrogens (primary N) is 1. The van der Waals surface area contributed by atoms with E-state index in [1.807, 2.05) is 12.1 Å². The summed E-state index contributed by atoms with van der Waals surface area (Å²) < 4.78 is 0.947. The molecule has 1 amide bonds. The number of halogens is 2. The number of benzene rings is 1. The maximum atomic E-state index is 12.1. The van der Waals surface area contributed by atoms with Crippen molar-refractivity contribution in [1.82, 2.24) is 0 Å². The minimum Gasteiger partial charge on any atom is -0.330 e. The maximum Gasteiger partial charge on any atom is 0.224 e. The SMILES string of the molecule is CC(C)(C)C(CCN)CCC(=O)Nc1ccc(Cl)cc1I. The van der Waals surface area contributed by atoms with Crippen LogP contribution in [0.1, 0.15) is 40.0 Å². The van der Waals surface area contributed by atoms with E-state index < -0.39 is 0 Å². The van der Waals surface area contributed by atoms with E-state index in [-0.39, 0.29) is 11.3 Å². The number of carbonyl (C=O) groups is 1. The van der Waals surface area contributed by atoms with Crippen LogP contribution in [0.15, 0.2) is 18.2 Å². The summed E-state index contributed by atoms with van der Waals surface area (Å²) in [7, 11) is 0. The molecule has 3 N–H and O–H groups in total. The normalized spacial score (nSPS) is 13.0. The molecule has 118 valence electrons. The van der Waals surface area contributed by atoms with Gasteiger partial charge in [-0.15, -0.1) is 0 Å². The molecule has 0 saturated carbocycles. The molecule has 1 aromatic carbocycles. The van der Waals surface area contributed by atoms with Gasteiger partial charge < -0.3 is 11.1 Å². The first-order chi connectivity index (χ1) is 9.74. The van der Waals surface area contributed by atoms with Crippen LogP contribution in [-0.2, 0) is 4.79 Å². The Bertz CT molecular complexity index is 486. The highest BCUT2D eigenvalue weighted by atomic mass is 127. The number of anilines is 1. The van der Waals surface area contributed by atoms with Crippen molar-refractivity contribution >= 4 is 45.8 Å². The number of carbonyl (C=O) groups excluding carboxylic acids is 1. The van der Waals surface area contributed by atoms with Crippen molar-refractivity contribution in [3.63, 3.8) is 0 Å². The van der Waals surface area contributed by atoms with Gasteiger partial charge in [0.25, 0.3) is 0 Å². The molecule has 1 unspecified atom stereocenters. The van der Waals surface area contributed by atoms with Crippen LogP contribution in [0.4, 0.5) is 5.69 Å². The van der Waals surface area contributed by atoms with Crippen molar-refractivity contribution in [3.8, 4) is 0 Å². The van der Waals surface area contributed by atoms with Crippen molar-refractivity contribution in [3.05, 3.63) is 26.8 Å². The fourth-order valence-electron chi connectivity index (χ4n) is 2.32. The molecular weight excluding hydrogens is 399 g/mol. The molecule has 5 heteroatoms. The standard InChI is InChI=1S/C16H24ClIN2O/c1-16(2,3)11(8-9-19)4-7-15(21)20-14-6-5-12(17)10-13(14)18/h5-6,10-11H,4,7-9,19H2,1-3H3,(H,20,21). The fourth-order valence-corrected chi connectivity index (χ4v) is 3.33. The number of hydrogen-bond donors (Lipinski definition) is 2. The van der Waals surface area contributed by atoms with Gasteiger partial charge in [0.2, 0.25) is 5.91 Å². The largest absolute Gasteiger partial charge is 0.330 e. The van der Waals surface area contributed by atoms with Gasteiger partial charge in [-0.05, 0) is 71.5 Å². The predicted octanol–water partition coefficient (Wildman–Crippen LogP) is 4.67. The van der Waals surface area contributed by atoms with E-state index in [2.05, 4.69) is 48.7 Å². The van der Waals surface area contributed by atoms with Crippen LogP contribution >= 0.6 is 34.2 Å². The Morgan fingerprint density at radius 2 is 2.05 bits per heavy atom. The van der Waals surface area contributed by atoms with Gasteiger partial charge in [-0.2, -0.15) is 0 Å². The van der Waals surface area contributed by atoms with Gasteiger partial charge in [0.05, 0.1) is 5.69 Å². The average Bonchev–Trinajstić information content (AvgIpc) is 2.36. The fraction of sp³-hybridized carbons (Fsp3) is 0.562. The predicted molar refractivity (Wildman–Crippen MR) is 98.6 cm³/mol. The molecule has 0 aliphatic heterocycles. The van der Waals surface area contributed by atoms with Gasteiger partial charge in [0, 0.05) is 15.0 Å². The van der Waals surface area contributed by atoms with E-state index in [0.717, 1.165) is 22.1 Å². The van der Waals surface area contributed by atoms with Gasteiger partial charge in [-0.1, -0.05) is 32.4 Å². The Kier molecular flexibility index (Phi) is 7.44. The zero-order chi connectivity index (χ0) is 16.0. The molecule has 0 aliphatic rings. The second-order valence-electron chi connectivity index (χ2n) is 6.35.